The van der Waals surface area contributed by atoms with Crippen LogP contribution in [0.3, 0.4) is 0 Å². The molecule has 1 aliphatic heterocycles. The topological polar surface area (TPSA) is 97.3 Å². The van der Waals surface area contributed by atoms with Gasteiger partial charge in [-0.25, -0.2) is 28.5 Å². The Labute approximate surface area is 224 Å². The molecule has 206 valence electrons. The molecule has 2 amide bonds. The van der Waals surface area contributed by atoms with Gasteiger partial charge < -0.3 is 15.0 Å². The number of anilines is 1. The molecule has 1 saturated heterocycles. The van der Waals surface area contributed by atoms with Gasteiger partial charge in [0.15, 0.2) is 11.8 Å². The molecule has 0 unspecified atom stereocenters. The predicted octanol–water partition coefficient (Wildman–Crippen LogP) is 5.56. The monoisotopic (exact) mass is 567 g/mol. The zero-order chi connectivity index (χ0) is 28.2. The molecule has 1 aliphatic rings. The first-order chi connectivity index (χ1) is 18.6. The van der Waals surface area contributed by atoms with Crippen molar-refractivity contribution in [1.29, 1.82) is 0 Å². The minimum Gasteiger partial charge on any atom is -0.469 e. The van der Waals surface area contributed by atoms with Crippen LogP contribution >= 0.6 is 11.8 Å². The number of carbonyl (C=O) groups excluding carboxylic acids is 2. The number of amides is 2. The highest BCUT2D eigenvalue weighted by atomic mass is 32.2. The summed E-state index contributed by atoms with van der Waals surface area (Å²) < 4.78 is 71.8. The third kappa shape index (κ3) is 6.80. The average molecular weight is 568 g/mol. The molecule has 0 bridgehead atoms. The number of hydrogen-bond acceptors (Lipinski definition) is 7. The molecule has 3 aromatic rings. The van der Waals surface area contributed by atoms with E-state index in [0.717, 1.165) is 24.3 Å². The van der Waals surface area contributed by atoms with Gasteiger partial charge in [0.05, 0.1) is 11.3 Å². The van der Waals surface area contributed by atoms with E-state index in [0.29, 0.717) is 23.7 Å². The maximum atomic E-state index is 13.9. The van der Waals surface area contributed by atoms with Crippen LogP contribution in [0.5, 0.6) is 5.88 Å². The van der Waals surface area contributed by atoms with Crippen molar-refractivity contribution in [2.45, 2.75) is 30.1 Å². The zero-order valence-electron chi connectivity index (χ0n) is 20.5. The smallest absolute Gasteiger partial charge is 0.433 e. The van der Waals surface area contributed by atoms with Crippen molar-refractivity contribution in [3.05, 3.63) is 71.2 Å². The maximum absolute atomic E-state index is 13.9. The van der Waals surface area contributed by atoms with Gasteiger partial charge in [-0.3, -0.25) is 4.79 Å². The minimum atomic E-state index is -4.66. The van der Waals surface area contributed by atoms with Crippen molar-refractivity contribution in [3.63, 3.8) is 0 Å². The molecule has 0 atom stereocenters. The number of thioether (sulfide) groups is 1. The van der Waals surface area contributed by atoms with Crippen molar-refractivity contribution < 1.29 is 36.3 Å². The number of Topliss-reactive ketones (excluding diaryl/α,β-unsaturated/α-hetero) is 1. The number of aromatic nitrogens is 3. The summed E-state index contributed by atoms with van der Waals surface area (Å²) in [5, 5.41) is 2.67. The van der Waals surface area contributed by atoms with Crippen LogP contribution in [-0.4, -0.2) is 57.6 Å². The number of pyridine rings is 1. The van der Waals surface area contributed by atoms with Crippen molar-refractivity contribution in [2.24, 2.45) is 0 Å². The van der Waals surface area contributed by atoms with Gasteiger partial charge in [0.1, 0.15) is 23.0 Å². The van der Waals surface area contributed by atoms with E-state index in [1.165, 1.54) is 35.0 Å². The van der Waals surface area contributed by atoms with Gasteiger partial charge in [-0.1, -0.05) is 23.9 Å². The van der Waals surface area contributed by atoms with E-state index in [-0.39, 0.29) is 30.5 Å². The van der Waals surface area contributed by atoms with Gasteiger partial charge in [-0.2, -0.15) is 13.2 Å². The van der Waals surface area contributed by atoms with E-state index in [1.807, 2.05) is 0 Å². The molecule has 1 fully saturated rings. The first kappa shape index (κ1) is 28.2. The van der Waals surface area contributed by atoms with E-state index in [9.17, 15) is 31.5 Å². The van der Waals surface area contributed by atoms with Crippen molar-refractivity contribution >= 4 is 29.3 Å². The quantitative estimate of drug-likeness (QED) is 0.173. The molecule has 0 spiro atoms. The number of carbonyl (C=O) groups is 2. The van der Waals surface area contributed by atoms with Gasteiger partial charge in [0, 0.05) is 31.3 Å². The number of urea groups is 1. The number of para-hydroxylation sites is 1. The van der Waals surface area contributed by atoms with Crippen molar-refractivity contribution in [3.8, 4) is 5.88 Å². The maximum Gasteiger partial charge on any atom is 0.433 e. The standard InChI is InChI=1S/C25H22F5N5O3S/c1-39-23-31-12-15(18(36)13-38-20-7-3-6-19(32-20)25(28,29)30)21(33-23)14-8-10-35(11-9-14)24(37)34-22-16(26)4-2-5-17(22)27/h2-7,12,14H,8-11,13H2,1H3,(H,34,37). The summed E-state index contributed by atoms with van der Waals surface area (Å²) in [6.07, 6.45) is -0.757. The number of benzene rings is 1. The minimum absolute atomic E-state index is 0.149. The zero-order valence-corrected chi connectivity index (χ0v) is 21.3. The molecule has 0 radical (unpaired) electrons. The molecule has 0 saturated carbocycles. The van der Waals surface area contributed by atoms with E-state index < -0.39 is 47.6 Å². The number of nitrogens with zero attached hydrogens (tertiary/aromatic N) is 4. The summed E-state index contributed by atoms with van der Waals surface area (Å²) in [4.78, 5) is 39.0. The first-order valence-electron chi connectivity index (χ1n) is 11.7. The van der Waals surface area contributed by atoms with Gasteiger partial charge in [-0.05, 0) is 37.3 Å². The Morgan fingerprint density at radius 3 is 2.38 bits per heavy atom. The van der Waals surface area contributed by atoms with Crippen LogP contribution in [0.15, 0.2) is 47.8 Å². The Balaban J connectivity index is 1.44. The summed E-state index contributed by atoms with van der Waals surface area (Å²) in [5.74, 6) is -2.94. The fourth-order valence-electron chi connectivity index (χ4n) is 4.03. The summed E-state index contributed by atoms with van der Waals surface area (Å²) in [6.45, 7) is -0.133. The van der Waals surface area contributed by atoms with Crippen molar-refractivity contribution in [2.75, 3.05) is 31.3 Å². The molecular formula is C25H22F5N5O3S. The molecule has 14 heteroatoms. The fourth-order valence-corrected chi connectivity index (χ4v) is 4.38. The van der Waals surface area contributed by atoms with E-state index >= 15 is 0 Å². The highest BCUT2D eigenvalue weighted by Gasteiger charge is 2.33. The second-order valence-electron chi connectivity index (χ2n) is 8.51. The van der Waals surface area contributed by atoms with Crippen LogP contribution < -0.4 is 10.1 Å². The Kier molecular flexibility index (Phi) is 8.63. The van der Waals surface area contributed by atoms with Crippen LogP contribution in [0.2, 0.25) is 0 Å². The molecule has 0 aliphatic carbocycles. The number of rotatable bonds is 7. The highest BCUT2D eigenvalue weighted by molar-refractivity contribution is 7.98. The molecule has 2 aromatic heterocycles. The Morgan fingerprint density at radius 1 is 1.08 bits per heavy atom. The molecule has 39 heavy (non-hydrogen) atoms. The lowest BCUT2D eigenvalue weighted by molar-refractivity contribution is -0.141. The van der Waals surface area contributed by atoms with E-state index in [1.54, 1.807) is 6.26 Å². The number of ether oxygens (including phenoxy) is 1. The van der Waals surface area contributed by atoms with Crippen LogP contribution in [0, 0.1) is 11.6 Å². The molecule has 1 aromatic carbocycles. The number of hydrogen-bond donors (Lipinski definition) is 1. The molecule has 8 nitrogen and oxygen atoms in total. The predicted molar refractivity (Wildman–Crippen MR) is 132 cm³/mol. The molecule has 4 rings (SSSR count). The number of halogens is 5. The summed E-state index contributed by atoms with van der Waals surface area (Å²) in [5.41, 5.74) is -1.10. The van der Waals surface area contributed by atoms with Crippen LogP contribution in [0.4, 0.5) is 32.4 Å². The number of piperidine rings is 1. The lowest BCUT2D eigenvalue weighted by Crippen LogP contribution is -2.41. The summed E-state index contributed by atoms with van der Waals surface area (Å²) in [6, 6.07) is 5.73. The van der Waals surface area contributed by atoms with Gasteiger partial charge in [0.25, 0.3) is 0 Å². The van der Waals surface area contributed by atoms with Gasteiger partial charge in [-0.15, -0.1) is 0 Å². The van der Waals surface area contributed by atoms with Crippen LogP contribution in [0.25, 0.3) is 0 Å². The third-order valence-corrected chi connectivity index (χ3v) is 6.57. The second-order valence-corrected chi connectivity index (χ2v) is 9.29. The SMILES string of the molecule is CSc1ncc(C(=O)COc2cccc(C(F)(F)F)n2)c(C2CCN(C(=O)Nc3c(F)cccc3F)CC2)n1. The summed E-state index contributed by atoms with van der Waals surface area (Å²) >= 11 is 1.26. The Morgan fingerprint density at radius 2 is 1.74 bits per heavy atom. The average Bonchev–Trinajstić information content (AvgIpc) is 2.93. The van der Waals surface area contributed by atoms with Crippen molar-refractivity contribution in [1.82, 2.24) is 19.9 Å². The Bertz CT molecular complexity index is 1350. The number of alkyl halides is 3. The fraction of sp³-hybridized carbons (Fsp3) is 0.320. The van der Waals surface area contributed by atoms with Crippen LogP contribution in [-0.2, 0) is 6.18 Å². The third-order valence-electron chi connectivity index (χ3n) is 6.01. The number of nitrogens with one attached hydrogen (secondary N) is 1. The second kappa shape index (κ2) is 11.9. The number of likely N-dealkylation sites (tertiary alicyclic amines) is 1. The largest absolute Gasteiger partial charge is 0.469 e. The molecular weight excluding hydrogens is 545 g/mol. The van der Waals surface area contributed by atoms with Gasteiger partial charge in [0.2, 0.25) is 11.7 Å². The summed E-state index contributed by atoms with van der Waals surface area (Å²) in [7, 11) is 0. The Hall–Kier alpha value is -3.81. The highest BCUT2D eigenvalue weighted by Crippen LogP contribution is 2.32. The first-order valence-corrected chi connectivity index (χ1v) is 12.9. The van der Waals surface area contributed by atoms with Crippen LogP contribution in [0.1, 0.15) is 40.5 Å². The lowest BCUT2D eigenvalue weighted by Gasteiger charge is -2.32. The number of ketones is 1. The van der Waals surface area contributed by atoms with Gasteiger partial charge >= 0.3 is 12.2 Å². The van der Waals surface area contributed by atoms with E-state index in [2.05, 4.69) is 20.3 Å². The lowest BCUT2D eigenvalue weighted by atomic mass is 9.90. The normalized spacial score (nSPS) is 14.3. The van der Waals surface area contributed by atoms with E-state index in [4.69, 9.17) is 4.74 Å². The molecule has 3 heterocycles. The molecule has 1 N–H and O–H groups in total.